The highest BCUT2D eigenvalue weighted by Crippen LogP contribution is 2.50. The van der Waals surface area contributed by atoms with Crippen molar-refractivity contribution in [1.82, 2.24) is 10.1 Å². The average Bonchev–Trinajstić information content (AvgIpc) is 3.34. The number of rotatable bonds is 4. The fourth-order valence-corrected chi connectivity index (χ4v) is 2.98. The second kappa shape index (κ2) is 5.62. The first-order chi connectivity index (χ1) is 11.7. The maximum atomic E-state index is 10.6. The molecular formula is C18H13ClN4O. The van der Waals surface area contributed by atoms with Crippen molar-refractivity contribution in [2.24, 2.45) is 5.29 Å². The third-order valence-corrected chi connectivity index (χ3v) is 4.28. The molecule has 24 heavy (non-hydrogen) atoms. The van der Waals surface area contributed by atoms with Crippen LogP contribution in [-0.2, 0) is 0 Å². The molecule has 6 heteroatoms. The summed E-state index contributed by atoms with van der Waals surface area (Å²) >= 11 is 6.35. The predicted octanol–water partition coefficient (Wildman–Crippen LogP) is 5.05. The van der Waals surface area contributed by atoms with Crippen molar-refractivity contribution < 1.29 is 0 Å². The van der Waals surface area contributed by atoms with Crippen molar-refractivity contribution in [3.63, 3.8) is 0 Å². The minimum Gasteiger partial charge on any atom is -0.225 e. The number of nitroso groups, excluding NO2 is 1. The number of hydrazine groups is 1. The number of anilines is 2. The Labute approximate surface area is 144 Å². The standard InChI is InChI=1S/C18H13ClN4O/c1-22(21-24)23-16-11-15(19)17(20-18(16)23)14-9-7-13(8-10-14)12-5-3-2-4-6-12/h2-11H,1H3. The molecule has 118 valence electrons. The number of nitrogens with zero attached hydrogens (tertiary/aromatic N) is 4. The monoisotopic (exact) mass is 336 g/mol. The molecule has 0 unspecified atom stereocenters. The number of benzene rings is 2. The number of hydrogen-bond acceptors (Lipinski definition) is 4. The lowest BCUT2D eigenvalue weighted by molar-refractivity contribution is 0.378. The number of pyridine rings is 1. The quantitative estimate of drug-likeness (QED) is 0.380. The molecule has 0 bridgehead atoms. The molecule has 1 aliphatic rings. The van der Waals surface area contributed by atoms with E-state index in [2.05, 4.69) is 22.4 Å². The molecule has 1 aromatic heterocycles. The second-order valence-corrected chi connectivity index (χ2v) is 5.90. The van der Waals surface area contributed by atoms with Crippen LogP contribution >= 0.6 is 11.6 Å². The van der Waals surface area contributed by atoms with Gasteiger partial charge < -0.3 is 0 Å². The van der Waals surface area contributed by atoms with Crippen LogP contribution in [0.4, 0.5) is 11.5 Å². The van der Waals surface area contributed by atoms with E-state index in [-0.39, 0.29) is 0 Å². The molecule has 0 atom stereocenters. The summed E-state index contributed by atoms with van der Waals surface area (Å²) in [5, 5.41) is 6.22. The van der Waals surface area contributed by atoms with Gasteiger partial charge in [-0.2, -0.15) is 5.12 Å². The van der Waals surface area contributed by atoms with Crippen molar-refractivity contribution >= 4 is 23.1 Å². The van der Waals surface area contributed by atoms with Crippen LogP contribution in [-0.4, -0.2) is 17.1 Å². The smallest absolute Gasteiger partial charge is 0.180 e. The third-order valence-electron chi connectivity index (χ3n) is 3.99. The van der Waals surface area contributed by atoms with Crippen molar-refractivity contribution in [2.45, 2.75) is 0 Å². The Morgan fingerprint density at radius 3 is 2.29 bits per heavy atom. The van der Waals surface area contributed by atoms with Crippen LogP contribution in [0.1, 0.15) is 0 Å². The normalized spacial score (nSPS) is 11.8. The summed E-state index contributed by atoms with van der Waals surface area (Å²) in [6.07, 6.45) is 0. The fourth-order valence-electron chi connectivity index (χ4n) is 2.72. The van der Waals surface area contributed by atoms with E-state index in [1.165, 1.54) is 5.12 Å². The molecule has 1 aliphatic heterocycles. The van der Waals surface area contributed by atoms with Gasteiger partial charge in [0.05, 0.1) is 23.1 Å². The summed E-state index contributed by atoms with van der Waals surface area (Å²) in [6.45, 7) is 0. The molecule has 0 N–H and O–H groups in total. The van der Waals surface area contributed by atoms with E-state index < -0.39 is 0 Å². The molecule has 0 fully saturated rings. The largest absolute Gasteiger partial charge is 0.225 e. The Morgan fingerprint density at radius 2 is 1.62 bits per heavy atom. The molecule has 4 rings (SSSR count). The fraction of sp³-hybridized carbons (Fsp3) is 0.0556. The van der Waals surface area contributed by atoms with Gasteiger partial charge in [0, 0.05) is 5.56 Å². The van der Waals surface area contributed by atoms with Gasteiger partial charge >= 0.3 is 0 Å². The highest BCUT2D eigenvalue weighted by Gasteiger charge is 2.37. The highest BCUT2D eigenvalue weighted by atomic mass is 35.5. The van der Waals surface area contributed by atoms with E-state index in [0.29, 0.717) is 16.5 Å². The number of hydrogen-bond donors (Lipinski definition) is 0. The van der Waals surface area contributed by atoms with Crippen molar-refractivity contribution in [2.75, 3.05) is 12.1 Å². The summed E-state index contributed by atoms with van der Waals surface area (Å²) in [6, 6.07) is 20.1. The average molecular weight is 337 g/mol. The van der Waals surface area contributed by atoms with Crippen molar-refractivity contribution in [3.8, 4) is 22.4 Å². The summed E-state index contributed by atoms with van der Waals surface area (Å²) < 4.78 is 0. The summed E-state index contributed by atoms with van der Waals surface area (Å²) in [7, 11) is 1.57. The van der Waals surface area contributed by atoms with Crippen molar-refractivity contribution in [1.29, 1.82) is 0 Å². The molecule has 3 aromatic rings. The third kappa shape index (κ3) is 2.39. The van der Waals surface area contributed by atoms with Gasteiger partial charge in [0.25, 0.3) is 0 Å². The minimum absolute atomic E-state index is 0.544. The van der Waals surface area contributed by atoms with Gasteiger partial charge in [0.1, 0.15) is 5.69 Å². The van der Waals surface area contributed by atoms with Gasteiger partial charge in [0.15, 0.2) is 5.82 Å². The Hall–Kier alpha value is -2.92. The Kier molecular flexibility index (Phi) is 3.43. The van der Waals surface area contributed by atoms with E-state index >= 15 is 0 Å². The van der Waals surface area contributed by atoms with Crippen LogP contribution in [0, 0.1) is 4.91 Å². The maximum Gasteiger partial charge on any atom is 0.180 e. The summed E-state index contributed by atoms with van der Waals surface area (Å²) in [4.78, 5) is 15.2. The van der Waals surface area contributed by atoms with Crippen LogP contribution in [0.2, 0.25) is 5.02 Å². The van der Waals surface area contributed by atoms with E-state index in [9.17, 15) is 4.91 Å². The second-order valence-electron chi connectivity index (χ2n) is 5.49. The Balaban J connectivity index is 1.66. The Bertz CT molecular complexity index is 912. The van der Waals surface area contributed by atoms with Gasteiger partial charge in [-0.25, -0.2) is 9.99 Å². The Morgan fingerprint density at radius 1 is 1.00 bits per heavy atom. The van der Waals surface area contributed by atoms with Crippen LogP contribution < -0.4 is 5.01 Å². The van der Waals surface area contributed by atoms with Crippen molar-refractivity contribution in [3.05, 3.63) is 70.6 Å². The molecule has 2 aromatic carbocycles. The van der Waals surface area contributed by atoms with E-state index in [0.717, 1.165) is 22.4 Å². The first-order valence-corrected chi connectivity index (χ1v) is 7.80. The molecule has 2 heterocycles. The molecule has 5 nitrogen and oxygen atoms in total. The summed E-state index contributed by atoms with van der Waals surface area (Å²) in [5.74, 6) is 0.698. The van der Waals surface area contributed by atoms with Crippen LogP contribution in [0.25, 0.3) is 22.4 Å². The molecular weight excluding hydrogens is 324 g/mol. The zero-order chi connectivity index (χ0) is 16.7. The van der Waals surface area contributed by atoms with Crippen LogP contribution in [0.5, 0.6) is 0 Å². The van der Waals surface area contributed by atoms with E-state index in [1.807, 2.05) is 42.5 Å². The number of aromatic nitrogens is 1. The van der Waals surface area contributed by atoms with Gasteiger partial charge in [-0.05, 0) is 17.2 Å². The lowest BCUT2D eigenvalue weighted by Gasteiger charge is -2.07. The highest BCUT2D eigenvalue weighted by molar-refractivity contribution is 6.33. The first kappa shape index (κ1) is 14.7. The first-order valence-electron chi connectivity index (χ1n) is 7.42. The molecule has 0 saturated heterocycles. The van der Waals surface area contributed by atoms with Crippen LogP contribution in [0.3, 0.4) is 0 Å². The van der Waals surface area contributed by atoms with Gasteiger partial charge in [-0.3, -0.25) is 0 Å². The molecule has 0 saturated carbocycles. The van der Waals surface area contributed by atoms with Gasteiger partial charge in [-0.15, -0.1) is 4.91 Å². The van der Waals surface area contributed by atoms with Gasteiger partial charge in [0.2, 0.25) is 0 Å². The lowest BCUT2D eigenvalue weighted by Crippen LogP contribution is -2.19. The zero-order valence-corrected chi connectivity index (χ0v) is 13.6. The molecule has 0 amide bonds. The lowest BCUT2D eigenvalue weighted by atomic mass is 10.0. The SMILES string of the molecule is CN(N=O)N1c2cc(Cl)c(-c3ccc(-c4ccccc4)cc3)nc21. The van der Waals surface area contributed by atoms with Gasteiger partial charge in [-0.1, -0.05) is 66.2 Å². The number of halogens is 1. The topological polar surface area (TPSA) is 48.6 Å². The zero-order valence-electron chi connectivity index (χ0n) is 12.8. The summed E-state index contributed by atoms with van der Waals surface area (Å²) in [5.41, 5.74) is 4.71. The molecule has 0 spiro atoms. The minimum atomic E-state index is 0.544. The molecule has 0 aliphatic carbocycles. The molecule has 0 radical (unpaired) electrons. The van der Waals surface area contributed by atoms with E-state index in [1.54, 1.807) is 18.1 Å². The van der Waals surface area contributed by atoms with E-state index in [4.69, 9.17) is 11.6 Å². The van der Waals surface area contributed by atoms with Crippen LogP contribution in [0.15, 0.2) is 65.9 Å². The predicted molar refractivity (Wildman–Crippen MR) is 95.8 cm³/mol. The number of fused-ring (bicyclic) bond motifs is 1. The maximum absolute atomic E-state index is 10.6.